The van der Waals surface area contributed by atoms with E-state index >= 15 is 0 Å². The Morgan fingerprint density at radius 3 is 2.44 bits per heavy atom. The van der Waals surface area contributed by atoms with Gasteiger partial charge in [0.2, 0.25) is 0 Å². The van der Waals surface area contributed by atoms with Gasteiger partial charge in [0, 0.05) is 41.2 Å². The molecule has 18 heavy (non-hydrogen) atoms. The first-order chi connectivity index (χ1) is 8.75. The number of hydrogen-bond donors (Lipinski definition) is 1. The quantitative estimate of drug-likeness (QED) is 0.871. The van der Waals surface area contributed by atoms with Crippen molar-refractivity contribution in [1.82, 2.24) is 10.2 Å². The largest absolute Gasteiger partial charge is 0.314 e. The van der Waals surface area contributed by atoms with Gasteiger partial charge in [0.1, 0.15) is 0 Å². The van der Waals surface area contributed by atoms with E-state index in [1.54, 1.807) is 0 Å². The van der Waals surface area contributed by atoms with Gasteiger partial charge < -0.3 is 5.32 Å². The van der Waals surface area contributed by atoms with E-state index in [1.807, 2.05) is 0 Å². The third kappa shape index (κ3) is 2.82. The molecule has 2 nitrogen and oxygen atoms in total. The number of piperazine rings is 1. The van der Waals surface area contributed by atoms with Crippen LogP contribution in [0.5, 0.6) is 0 Å². The van der Waals surface area contributed by atoms with Crippen molar-refractivity contribution in [2.75, 3.05) is 26.2 Å². The molecule has 0 unspecified atom stereocenters. The van der Waals surface area contributed by atoms with Crippen molar-refractivity contribution < 1.29 is 0 Å². The summed E-state index contributed by atoms with van der Waals surface area (Å²) in [4.78, 5) is 2.66. The van der Waals surface area contributed by atoms with Gasteiger partial charge in [-0.1, -0.05) is 6.07 Å². The lowest BCUT2D eigenvalue weighted by Crippen LogP contribution is -2.45. The lowest BCUT2D eigenvalue weighted by Gasteiger charge is -2.35. The van der Waals surface area contributed by atoms with Crippen molar-refractivity contribution in [3.63, 3.8) is 0 Å². The van der Waals surface area contributed by atoms with Crippen molar-refractivity contribution in [2.45, 2.75) is 18.9 Å². The Bertz CT molecular complexity index is 426. The summed E-state index contributed by atoms with van der Waals surface area (Å²) in [6.07, 6.45) is 2.78. The SMILES string of the molecule is Brc1ccc([C@H](C2CC2)N2CCNCC2)cc1Br. The second-order valence-corrected chi connectivity index (χ2v) is 6.95. The highest BCUT2D eigenvalue weighted by atomic mass is 79.9. The predicted molar refractivity (Wildman–Crippen MR) is 81.7 cm³/mol. The highest BCUT2D eigenvalue weighted by Crippen LogP contribution is 2.45. The van der Waals surface area contributed by atoms with Crippen molar-refractivity contribution in [3.05, 3.63) is 32.7 Å². The van der Waals surface area contributed by atoms with E-state index in [4.69, 9.17) is 0 Å². The van der Waals surface area contributed by atoms with Crippen molar-refractivity contribution in [3.8, 4) is 0 Å². The van der Waals surface area contributed by atoms with Crippen LogP contribution in [0.15, 0.2) is 27.1 Å². The number of halogens is 2. The maximum absolute atomic E-state index is 3.63. The standard InChI is InChI=1S/C14H18Br2N2/c15-12-4-3-11(9-13(12)16)14(10-1-2-10)18-7-5-17-6-8-18/h3-4,9-10,14,17H,1-2,5-8H2/t14-/m0/s1. The molecule has 0 amide bonds. The Labute approximate surface area is 125 Å². The van der Waals surface area contributed by atoms with Gasteiger partial charge in [-0.3, -0.25) is 4.90 Å². The zero-order chi connectivity index (χ0) is 12.5. The second-order valence-electron chi connectivity index (χ2n) is 5.24. The molecule has 1 aliphatic carbocycles. The zero-order valence-corrected chi connectivity index (χ0v) is 13.5. The van der Waals surface area contributed by atoms with Gasteiger partial charge in [-0.25, -0.2) is 0 Å². The van der Waals surface area contributed by atoms with E-state index in [-0.39, 0.29) is 0 Å². The molecule has 1 aromatic carbocycles. The summed E-state index contributed by atoms with van der Waals surface area (Å²) in [6.45, 7) is 4.60. The molecule has 0 radical (unpaired) electrons. The first kappa shape index (κ1) is 13.1. The maximum Gasteiger partial charge on any atom is 0.0377 e. The van der Waals surface area contributed by atoms with Crippen LogP contribution in [0.25, 0.3) is 0 Å². The van der Waals surface area contributed by atoms with E-state index in [0.717, 1.165) is 23.5 Å². The lowest BCUT2D eigenvalue weighted by molar-refractivity contribution is 0.156. The van der Waals surface area contributed by atoms with Gasteiger partial charge in [-0.05, 0) is 68.3 Å². The smallest absolute Gasteiger partial charge is 0.0377 e. The molecule has 4 heteroatoms. The van der Waals surface area contributed by atoms with Gasteiger partial charge >= 0.3 is 0 Å². The van der Waals surface area contributed by atoms with Gasteiger partial charge in [0.25, 0.3) is 0 Å². The Kier molecular flexibility index (Phi) is 4.09. The van der Waals surface area contributed by atoms with Crippen LogP contribution < -0.4 is 5.32 Å². The molecule has 2 fully saturated rings. The van der Waals surface area contributed by atoms with E-state index in [0.29, 0.717) is 6.04 Å². The topological polar surface area (TPSA) is 15.3 Å². The highest BCUT2D eigenvalue weighted by Gasteiger charge is 2.36. The summed E-state index contributed by atoms with van der Waals surface area (Å²) in [7, 11) is 0. The second kappa shape index (κ2) is 5.61. The Morgan fingerprint density at radius 1 is 1.11 bits per heavy atom. The van der Waals surface area contributed by atoms with Gasteiger partial charge in [0.15, 0.2) is 0 Å². The molecule has 1 heterocycles. The fourth-order valence-electron chi connectivity index (χ4n) is 2.85. The summed E-state index contributed by atoms with van der Waals surface area (Å²) in [5, 5.41) is 3.44. The molecular weight excluding hydrogens is 356 g/mol. The number of rotatable bonds is 3. The van der Waals surface area contributed by atoms with E-state index < -0.39 is 0 Å². The Balaban J connectivity index is 1.85. The lowest BCUT2D eigenvalue weighted by atomic mass is 10.00. The number of nitrogens with one attached hydrogen (secondary N) is 1. The minimum Gasteiger partial charge on any atom is -0.314 e. The summed E-state index contributed by atoms with van der Waals surface area (Å²) in [6, 6.07) is 7.35. The molecule has 2 aliphatic rings. The van der Waals surface area contributed by atoms with Crippen molar-refractivity contribution >= 4 is 31.9 Å². The molecule has 3 rings (SSSR count). The highest BCUT2D eigenvalue weighted by molar-refractivity contribution is 9.13. The molecule has 1 aromatic rings. The van der Waals surface area contributed by atoms with Crippen LogP contribution in [0.4, 0.5) is 0 Å². The van der Waals surface area contributed by atoms with Crippen molar-refractivity contribution in [2.24, 2.45) is 5.92 Å². The van der Waals surface area contributed by atoms with Crippen LogP contribution in [-0.2, 0) is 0 Å². The van der Waals surface area contributed by atoms with Crippen LogP contribution in [-0.4, -0.2) is 31.1 Å². The summed E-state index contributed by atoms with van der Waals surface area (Å²) < 4.78 is 2.31. The van der Waals surface area contributed by atoms with Gasteiger partial charge in [0.05, 0.1) is 0 Å². The van der Waals surface area contributed by atoms with Gasteiger partial charge in [-0.2, -0.15) is 0 Å². The van der Waals surface area contributed by atoms with Gasteiger partial charge in [-0.15, -0.1) is 0 Å². The molecule has 1 atom stereocenters. The molecular formula is C14H18Br2N2. The molecule has 1 N–H and O–H groups in total. The van der Waals surface area contributed by atoms with Crippen LogP contribution >= 0.6 is 31.9 Å². The fourth-order valence-corrected chi connectivity index (χ4v) is 3.49. The summed E-state index contributed by atoms with van der Waals surface area (Å²) >= 11 is 7.19. The molecule has 1 saturated heterocycles. The van der Waals surface area contributed by atoms with E-state index in [9.17, 15) is 0 Å². The first-order valence-electron chi connectivity index (χ1n) is 6.65. The number of hydrogen-bond acceptors (Lipinski definition) is 2. The molecule has 0 aromatic heterocycles. The average Bonchev–Trinajstić information content (AvgIpc) is 3.20. The third-order valence-electron chi connectivity index (χ3n) is 3.90. The van der Waals surface area contributed by atoms with E-state index in [2.05, 4.69) is 60.3 Å². The monoisotopic (exact) mass is 372 g/mol. The Morgan fingerprint density at radius 2 is 1.83 bits per heavy atom. The van der Waals surface area contributed by atoms with Crippen molar-refractivity contribution in [1.29, 1.82) is 0 Å². The molecule has 0 bridgehead atoms. The maximum atomic E-state index is 3.63. The molecule has 98 valence electrons. The summed E-state index contributed by atoms with van der Waals surface area (Å²) in [5.41, 5.74) is 1.47. The van der Waals surface area contributed by atoms with E-state index in [1.165, 1.54) is 36.0 Å². The zero-order valence-electron chi connectivity index (χ0n) is 10.3. The fraction of sp³-hybridized carbons (Fsp3) is 0.571. The molecule has 1 saturated carbocycles. The average molecular weight is 374 g/mol. The third-order valence-corrected chi connectivity index (χ3v) is 5.78. The van der Waals surface area contributed by atoms with Crippen LogP contribution in [0, 0.1) is 5.92 Å². The molecule has 1 aliphatic heterocycles. The summed E-state index contributed by atoms with van der Waals surface area (Å²) in [5.74, 6) is 0.871. The van der Waals surface area contributed by atoms with Crippen LogP contribution in [0.2, 0.25) is 0 Å². The number of benzene rings is 1. The number of nitrogens with zero attached hydrogens (tertiary/aromatic N) is 1. The first-order valence-corrected chi connectivity index (χ1v) is 8.24. The van der Waals surface area contributed by atoms with Crippen LogP contribution in [0.1, 0.15) is 24.4 Å². The predicted octanol–water partition coefficient (Wildman–Crippen LogP) is 3.57. The minimum atomic E-state index is 0.622. The van der Waals surface area contributed by atoms with Crippen LogP contribution in [0.3, 0.4) is 0 Å². The minimum absolute atomic E-state index is 0.622. The Hall–Kier alpha value is 0.1000. The molecule has 0 spiro atoms. The normalized spacial score (nSPS) is 23.0.